The molecule has 0 radical (unpaired) electrons. The highest BCUT2D eigenvalue weighted by Gasteiger charge is 2.25. The molecule has 1 aliphatic heterocycles. The van der Waals surface area contributed by atoms with Crippen molar-refractivity contribution in [3.8, 4) is 17.2 Å². The highest BCUT2D eigenvalue weighted by atomic mass is 19.1. The van der Waals surface area contributed by atoms with E-state index in [9.17, 15) is 14.0 Å². The molecule has 0 atom stereocenters. The number of aryl methyl sites for hydroxylation is 1. The molecule has 3 aromatic rings. The van der Waals surface area contributed by atoms with Gasteiger partial charge in [0.15, 0.2) is 11.5 Å². The highest BCUT2D eigenvalue weighted by molar-refractivity contribution is 5.96. The number of unbranched alkanes of at least 4 members (excludes halogenated alkanes) is 2. The van der Waals surface area contributed by atoms with Crippen LogP contribution in [0.5, 0.6) is 17.2 Å². The number of piperazine rings is 1. The molecular weight excluding hydrogens is 561 g/mol. The van der Waals surface area contributed by atoms with Crippen molar-refractivity contribution in [1.29, 1.82) is 0 Å². The van der Waals surface area contributed by atoms with Gasteiger partial charge in [-0.05, 0) is 60.4 Å². The molecule has 1 heterocycles. The maximum atomic E-state index is 13.8. The molecule has 1 saturated heterocycles. The molecule has 8 nitrogen and oxygen atoms in total. The van der Waals surface area contributed by atoms with Gasteiger partial charge in [-0.15, -0.1) is 0 Å². The predicted octanol–water partition coefficient (Wildman–Crippen LogP) is 5.68. The second-order valence-corrected chi connectivity index (χ2v) is 11.1. The summed E-state index contributed by atoms with van der Waals surface area (Å²) in [6.07, 6.45) is 4.62. The van der Waals surface area contributed by atoms with Crippen molar-refractivity contribution < 1.29 is 28.2 Å². The number of benzene rings is 3. The monoisotopic (exact) mass is 605 g/mol. The van der Waals surface area contributed by atoms with E-state index in [0.717, 1.165) is 17.5 Å². The smallest absolute Gasteiger partial charge is 0.254 e. The number of ether oxygens (including phenoxy) is 3. The fourth-order valence-corrected chi connectivity index (χ4v) is 5.46. The Morgan fingerprint density at radius 2 is 1.41 bits per heavy atom. The van der Waals surface area contributed by atoms with Gasteiger partial charge in [0.2, 0.25) is 5.75 Å². The van der Waals surface area contributed by atoms with Gasteiger partial charge >= 0.3 is 0 Å². The highest BCUT2D eigenvalue weighted by Crippen LogP contribution is 2.38. The summed E-state index contributed by atoms with van der Waals surface area (Å²) in [5.41, 5.74) is 3.21. The number of carbonyl (C=O) groups excluding carboxylic acids is 2. The molecule has 4 rings (SSSR count). The van der Waals surface area contributed by atoms with Gasteiger partial charge in [0.1, 0.15) is 5.82 Å². The molecular formula is C35H44FN3O5. The number of halogens is 1. The minimum atomic E-state index is -0.327. The van der Waals surface area contributed by atoms with Gasteiger partial charge in [-0.2, -0.15) is 0 Å². The minimum absolute atomic E-state index is 0.0558. The van der Waals surface area contributed by atoms with Crippen LogP contribution >= 0.6 is 0 Å². The molecule has 0 spiro atoms. The average Bonchev–Trinajstić information content (AvgIpc) is 3.06. The Bertz CT molecular complexity index is 1350. The molecule has 1 fully saturated rings. The third-order valence-electron chi connectivity index (χ3n) is 8.10. The first kappa shape index (κ1) is 32.8. The first-order valence-corrected chi connectivity index (χ1v) is 15.3. The Morgan fingerprint density at radius 1 is 0.795 bits per heavy atom. The van der Waals surface area contributed by atoms with E-state index >= 15 is 0 Å². The van der Waals surface area contributed by atoms with Crippen LogP contribution in [0.2, 0.25) is 0 Å². The van der Waals surface area contributed by atoms with Gasteiger partial charge in [0.05, 0.1) is 21.3 Å². The molecule has 44 heavy (non-hydrogen) atoms. The Morgan fingerprint density at radius 3 is 1.98 bits per heavy atom. The summed E-state index contributed by atoms with van der Waals surface area (Å²) in [5, 5.41) is 0. The second-order valence-electron chi connectivity index (χ2n) is 11.1. The number of amides is 2. The molecule has 2 amide bonds. The SMILES string of the molecule is CCCCCc1ccc(C(=O)N2CCN(CCN(Cc3ccc(F)cc3)C(=O)c3cc(OC)c(OC)c(OC)c3)CC2)cc1. The maximum absolute atomic E-state index is 13.8. The van der Waals surface area contributed by atoms with Crippen LogP contribution in [0.1, 0.15) is 58.0 Å². The van der Waals surface area contributed by atoms with E-state index < -0.39 is 0 Å². The van der Waals surface area contributed by atoms with Crippen LogP contribution in [0.3, 0.4) is 0 Å². The van der Waals surface area contributed by atoms with Gasteiger partial charge < -0.3 is 24.0 Å². The zero-order valence-corrected chi connectivity index (χ0v) is 26.3. The number of methoxy groups -OCH3 is 3. The van der Waals surface area contributed by atoms with Crippen molar-refractivity contribution in [1.82, 2.24) is 14.7 Å². The Kier molecular flexibility index (Phi) is 12.0. The molecule has 9 heteroatoms. The summed E-state index contributed by atoms with van der Waals surface area (Å²) < 4.78 is 29.9. The van der Waals surface area contributed by atoms with Crippen molar-refractivity contribution in [2.24, 2.45) is 0 Å². The summed E-state index contributed by atoms with van der Waals surface area (Å²) in [6.45, 7) is 6.25. The summed E-state index contributed by atoms with van der Waals surface area (Å²) in [7, 11) is 4.53. The second kappa shape index (κ2) is 16.1. The lowest BCUT2D eigenvalue weighted by Crippen LogP contribution is -2.50. The molecule has 236 valence electrons. The van der Waals surface area contributed by atoms with E-state index in [0.29, 0.717) is 68.6 Å². The summed E-state index contributed by atoms with van der Waals surface area (Å²) in [5.74, 6) is 0.715. The van der Waals surface area contributed by atoms with Crippen molar-refractivity contribution >= 4 is 11.8 Å². The topological polar surface area (TPSA) is 71.6 Å². The van der Waals surface area contributed by atoms with Gasteiger partial charge in [-0.1, -0.05) is 44.0 Å². The zero-order chi connectivity index (χ0) is 31.5. The van der Waals surface area contributed by atoms with Gasteiger partial charge in [-0.3, -0.25) is 14.5 Å². The van der Waals surface area contributed by atoms with Crippen molar-refractivity contribution in [2.75, 3.05) is 60.6 Å². The number of hydrogen-bond donors (Lipinski definition) is 0. The minimum Gasteiger partial charge on any atom is -0.493 e. The van der Waals surface area contributed by atoms with Crippen molar-refractivity contribution in [3.05, 3.63) is 88.7 Å². The van der Waals surface area contributed by atoms with E-state index in [2.05, 4.69) is 24.0 Å². The molecule has 0 N–H and O–H groups in total. The van der Waals surface area contributed by atoms with Crippen LogP contribution < -0.4 is 14.2 Å². The summed E-state index contributed by atoms with van der Waals surface area (Å²) in [4.78, 5) is 32.9. The Balaban J connectivity index is 1.40. The molecule has 3 aromatic carbocycles. The van der Waals surface area contributed by atoms with Crippen LogP contribution in [-0.4, -0.2) is 87.1 Å². The molecule has 1 aliphatic rings. The van der Waals surface area contributed by atoms with Crippen LogP contribution in [0.25, 0.3) is 0 Å². The van der Waals surface area contributed by atoms with Crippen LogP contribution in [0, 0.1) is 5.82 Å². The molecule has 0 aliphatic carbocycles. The molecule has 0 bridgehead atoms. The average molecular weight is 606 g/mol. The number of nitrogens with zero attached hydrogens (tertiary/aromatic N) is 3. The maximum Gasteiger partial charge on any atom is 0.254 e. The first-order valence-electron chi connectivity index (χ1n) is 15.3. The number of rotatable bonds is 14. The molecule has 0 unspecified atom stereocenters. The zero-order valence-electron chi connectivity index (χ0n) is 26.3. The van der Waals surface area contributed by atoms with Gasteiger partial charge in [0, 0.05) is 56.9 Å². The summed E-state index contributed by atoms with van der Waals surface area (Å²) in [6, 6.07) is 17.5. The van der Waals surface area contributed by atoms with Gasteiger partial charge in [-0.25, -0.2) is 4.39 Å². The van der Waals surface area contributed by atoms with E-state index in [1.807, 2.05) is 17.0 Å². The van der Waals surface area contributed by atoms with E-state index in [1.165, 1.54) is 58.3 Å². The van der Waals surface area contributed by atoms with Crippen LogP contribution in [-0.2, 0) is 13.0 Å². The summed E-state index contributed by atoms with van der Waals surface area (Å²) >= 11 is 0. The lowest BCUT2D eigenvalue weighted by Gasteiger charge is -2.36. The largest absolute Gasteiger partial charge is 0.493 e. The van der Waals surface area contributed by atoms with Crippen molar-refractivity contribution in [3.63, 3.8) is 0 Å². The fourth-order valence-electron chi connectivity index (χ4n) is 5.46. The number of carbonyl (C=O) groups is 2. The Labute approximate surface area is 260 Å². The number of hydrogen-bond acceptors (Lipinski definition) is 6. The first-order chi connectivity index (χ1) is 21.4. The lowest BCUT2D eigenvalue weighted by atomic mass is 10.0. The van der Waals surface area contributed by atoms with E-state index in [4.69, 9.17) is 14.2 Å². The fraction of sp³-hybridized carbons (Fsp3) is 0.429. The normalized spacial score (nSPS) is 13.4. The van der Waals surface area contributed by atoms with Crippen molar-refractivity contribution in [2.45, 2.75) is 39.2 Å². The quantitative estimate of drug-likeness (QED) is 0.220. The third-order valence-corrected chi connectivity index (χ3v) is 8.10. The van der Waals surface area contributed by atoms with E-state index in [1.54, 1.807) is 29.2 Å². The lowest BCUT2D eigenvalue weighted by molar-refractivity contribution is 0.0598. The Hall–Kier alpha value is -4.11. The van der Waals surface area contributed by atoms with Crippen LogP contribution in [0.4, 0.5) is 4.39 Å². The van der Waals surface area contributed by atoms with Crippen LogP contribution in [0.15, 0.2) is 60.7 Å². The third kappa shape index (κ3) is 8.50. The van der Waals surface area contributed by atoms with Gasteiger partial charge in [0.25, 0.3) is 11.8 Å². The molecule has 0 aromatic heterocycles. The molecule has 0 saturated carbocycles. The predicted molar refractivity (Wildman–Crippen MR) is 169 cm³/mol. The standard InChI is InChI=1S/C35H44FN3O5/c1-5-6-7-8-26-9-13-28(14-10-26)34(40)38-20-17-37(18-21-38)19-22-39(25-27-11-15-30(36)16-12-27)35(41)29-23-31(42-2)33(44-4)32(24-29)43-3/h9-16,23-24H,5-8,17-22,25H2,1-4H3. The van der Waals surface area contributed by atoms with E-state index in [-0.39, 0.29) is 17.6 Å².